The van der Waals surface area contributed by atoms with E-state index in [2.05, 4.69) is 21.0 Å². The van der Waals surface area contributed by atoms with Crippen LogP contribution in [0.2, 0.25) is 0 Å². The molecule has 0 spiro atoms. The highest BCUT2D eigenvalue weighted by Crippen LogP contribution is 2.35. The first kappa shape index (κ1) is 21.4. The number of hydrazine groups is 1. The molecule has 1 saturated heterocycles. The second-order valence-electron chi connectivity index (χ2n) is 8.23. The van der Waals surface area contributed by atoms with Crippen molar-refractivity contribution < 1.29 is 26.7 Å². The van der Waals surface area contributed by atoms with Crippen LogP contribution in [0, 0.1) is 5.92 Å². The molecule has 6 unspecified atom stereocenters. The van der Waals surface area contributed by atoms with E-state index >= 15 is 0 Å². The molecule has 3 aliphatic rings. The second kappa shape index (κ2) is 8.00. The molecule has 1 aliphatic carbocycles. The Hall–Kier alpha value is -1.86. The predicted octanol–water partition coefficient (Wildman–Crippen LogP) is 0.678. The van der Waals surface area contributed by atoms with Crippen molar-refractivity contribution in [3.8, 4) is 0 Å². The van der Waals surface area contributed by atoms with E-state index < -0.39 is 36.4 Å². The smallest absolute Gasteiger partial charge is 0.333 e. The molecule has 1 aromatic rings. The number of nitrogens with one attached hydrogen (secondary N) is 2. The van der Waals surface area contributed by atoms with Gasteiger partial charge in [-0.15, -0.1) is 10.2 Å². The van der Waals surface area contributed by atoms with Crippen LogP contribution < -0.4 is 16.6 Å². The highest BCUT2D eigenvalue weighted by atomic mass is 19.4. The Balaban J connectivity index is 1.31. The first-order valence-electron chi connectivity index (χ1n) is 9.97. The van der Waals surface area contributed by atoms with Gasteiger partial charge in [0.2, 0.25) is 11.7 Å². The lowest BCUT2D eigenvalue weighted by atomic mass is 9.78. The van der Waals surface area contributed by atoms with Crippen LogP contribution in [0.4, 0.5) is 22.0 Å². The maximum absolute atomic E-state index is 14.0. The minimum absolute atomic E-state index is 0.000617. The number of hydrogen-bond acceptors (Lipinski definition) is 6. The standard InChI is InChI=1S/C17H24F5N7O/c18-10-2-1-9-11(24-26-15(9)14(10)19)5-8(23)6-13(30)28-3-4-29-12(7-28)25-27-16(29)17(20,21)22/h8-11,14-15,24,26H,1-7,23H2. The topological polar surface area (TPSA) is 101 Å². The van der Waals surface area contributed by atoms with Crippen molar-refractivity contribution in [2.45, 2.75) is 75.4 Å². The maximum Gasteiger partial charge on any atom is 0.451 e. The monoisotopic (exact) mass is 437 g/mol. The van der Waals surface area contributed by atoms with Gasteiger partial charge < -0.3 is 15.2 Å². The first-order valence-corrected chi connectivity index (χ1v) is 9.97. The summed E-state index contributed by atoms with van der Waals surface area (Å²) in [6.45, 7) is -0.00267. The average molecular weight is 437 g/mol. The van der Waals surface area contributed by atoms with Crippen LogP contribution in [0.3, 0.4) is 0 Å². The van der Waals surface area contributed by atoms with Crippen molar-refractivity contribution in [2.75, 3.05) is 6.54 Å². The highest BCUT2D eigenvalue weighted by molar-refractivity contribution is 5.76. The maximum atomic E-state index is 14.0. The minimum Gasteiger partial charge on any atom is -0.333 e. The molecule has 8 nitrogen and oxygen atoms in total. The molecule has 4 rings (SSSR count). The zero-order valence-electron chi connectivity index (χ0n) is 16.1. The van der Waals surface area contributed by atoms with Gasteiger partial charge in [0.25, 0.3) is 0 Å². The van der Waals surface area contributed by atoms with Crippen LogP contribution in [-0.2, 0) is 24.1 Å². The SMILES string of the molecule is NC(CC(=O)N1CCn2c(nnc2C(F)(F)F)C1)CC1NNC2C(F)C(F)CCC12. The van der Waals surface area contributed by atoms with Gasteiger partial charge in [0.05, 0.1) is 12.6 Å². The van der Waals surface area contributed by atoms with Crippen molar-refractivity contribution in [2.24, 2.45) is 11.7 Å². The molecular formula is C17H24F5N7O. The lowest BCUT2D eigenvalue weighted by Gasteiger charge is -2.33. The van der Waals surface area contributed by atoms with Crippen LogP contribution in [-0.4, -0.2) is 62.6 Å². The quantitative estimate of drug-likeness (QED) is 0.599. The summed E-state index contributed by atoms with van der Waals surface area (Å²) >= 11 is 0. The molecule has 2 aliphatic heterocycles. The molecule has 1 amide bonds. The van der Waals surface area contributed by atoms with E-state index in [1.165, 1.54) is 4.90 Å². The normalized spacial score (nSPS) is 32.6. The fraction of sp³-hybridized carbons (Fsp3) is 0.824. The molecule has 2 fully saturated rings. The molecular weight excluding hydrogens is 413 g/mol. The van der Waals surface area contributed by atoms with Crippen molar-refractivity contribution in [1.29, 1.82) is 0 Å². The second-order valence-corrected chi connectivity index (χ2v) is 8.23. The van der Waals surface area contributed by atoms with Gasteiger partial charge in [0.15, 0.2) is 5.82 Å². The summed E-state index contributed by atoms with van der Waals surface area (Å²) in [5.41, 5.74) is 11.9. The van der Waals surface area contributed by atoms with Gasteiger partial charge >= 0.3 is 6.18 Å². The van der Waals surface area contributed by atoms with Gasteiger partial charge in [-0.25, -0.2) is 8.78 Å². The number of amides is 1. The largest absolute Gasteiger partial charge is 0.451 e. The Morgan fingerprint density at radius 2 is 1.97 bits per heavy atom. The van der Waals surface area contributed by atoms with Crippen molar-refractivity contribution in [1.82, 2.24) is 30.5 Å². The molecule has 0 aromatic carbocycles. The summed E-state index contributed by atoms with van der Waals surface area (Å²) in [6.07, 6.45) is -6.57. The molecule has 0 radical (unpaired) electrons. The Morgan fingerprint density at radius 1 is 1.20 bits per heavy atom. The van der Waals surface area contributed by atoms with Crippen molar-refractivity contribution in [3.05, 3.63) is 11.6 Å². The van der Waals surface area contributed by atoms with Gasteiger partial charge in [0.1, 0.15) is 12.3 Å². The van der Waals surface area contributed by atoms with E-state index in [4.69, 9.17) is 5.73 Å². The molecule has 4 N–H and O–H groups in total. The number of rotatable bonds is 4. The van der Waals surface area contributed by atoms with Crippen LogP contribution in [0.1, 0.15) is 37.3 Å². The first-order chi connectivity index (χ1) is 14.1. The third-order valence-corrected chi connectivity index (χ3v) is 6.23. The molecule has 168 valence electrons. The Kier molecular flexibility index (Phi) is 5.70. The van der Waals surface area contributed by atoms with E-state index in [1.807, 2.05) is 0 Å². The minimum atomic E-state index is -4.60. The zero-order valence-corrected chi connectivity index (χ0v) is 16.1. The fourth-order valence-electron chi connectivity index (χ4n) is 4.68. The van der Waals surface area contributed by atoms with E-state index in [1.54, 1.807) is 0 Å². The molecule has 13 heteroatoms. The van der Waals surface area contributed by atoms with E-state index in [-0.39, 0.29) is 56.2 Å². The molecule has 30 heavy (non-hydrogen) atoms. The number of nitrogens with two attached hydrogens (primary N) is 1. The summed E-state index contributed by atoms with van der Waals surface area (Å²) < 4.78 is 67.3. The third-order valence-electron chi connectivity index (χ3n) is 6.23. The summed E-state index contributed by atoms with van der Waals surface area (Å²) in [6, 6.07) is -1.32. The van der Waals surface area contributed by atoms with Gasteiger partial charge in [-0.1, -0.05) is 0 Å². The Labute approximate surface area is 169 Å². The van der Waals surface area contributed by atoms with Crippen molar-refractivity contribution in [3.63, 3.8) is 0 Å². The van der Waals surface area contributed by atoms with Crippen LogP contribution >= 0.6 is 0 Å². The molecule has 6 atom stereocenters. The van der Waals surface area contributed by atoms with Gasteiger partial charge in [-0.3, -0.25) is 15.6 Å². The predicted molar refractivity (Wildman–Crippen MR) is 94.0 cm³/mol. The number of nitrogens with zero attached hydrogens (tertiary/aromatic N) is 4. The number of carbonyl (C=O) groups excluding carboxylic acids is 1. The highest BCUT2D eigenvalue weighted by Gasteiger charge is 2.47. The molecule has 1 saturated carbocycles. The van der Waals surface area contributed by atoms with Crippen LogP contribution in [0.25, 0.3) is 0 Å². The number of carbonyl (C=O) groups is 1. The fourth-order valence-corrected chi connectivity index (χ4v) is 4.68. The Morgan fingerprint density at radius 3 is 2.70 bits per heavy atom. The summed E-state index contributed by atoms with van der Waals surface area (Å²) in [5, 5.41) is 6.75. The molecule has 1 aromatic heterocycles. The summed E-state index contributed by atoms with van der Waals surface area (Å²) in [4.78, 5) is 14.0. The third kappa shape index (κ3) is 4.02. The number of fused-ring (bicyclic) bond motifs is 2. The molecule has 3 heterocycles. The van der Waals surface area contributed by atoms with Gasteiger partial charge in [-0.05, 0) is 25.2 Å². The lowest BCUT2D eigenvalue weighted by molar-refractivity contribution is -0.148. The average Bonchev–Trinajstić information content (AvgIpc) is 3.28. The van der Waals surface area contributed by atoms with Crippen molar-refractivity contribution >= 4 is 5.91 Å². The number of aromatic nitrogens is 3. The van der Waals surface area contributed by atoms with Crippen LogP contribution in [0.15, 0.2) is 0 Å². The van der Waals surface area contributed by atoms with Crippen LogP contribution in [0.5, 0.6) is 0 Å². The summed E-state index contributed by atoms with van der Waals surface area (Å²) in [5.74, 6) is -1.38. The van der Waals surface area contributed by atoms with E-state index in [0.717, 1.165) is 4.57 Å². The Bertz CT molecular complexity index is 787. The number of alkyl halides is 5. The molecule has 0 bridgehead atoms. The zero-order chi connectivity index (χ0) is 21.6. The van der Waals surface area contributed by atoms with Gasteiger partial charge in [-0.2, -0.15) is 13.2 Å². The van der Waals surface area contributed by atoms with E-state index in [0.29, 0.717) is 12.8 Å². The van der Waals surface area contributed by atoms with Gasteiger partial charge in [0, 0.05) is 31.6 Å². The number of hydrogen-bond donors (Lipinski definition) is 3. The number of halogens is 5. The van der Waals surface area contributed by atoms with E-state index in [9.17, 15) is 26.7 Å². The lowest BCUT2D eigenvalue weighted by Crippen LogP contribution is -2.47. The summed E-state index contributed by atoms with van der Waals surface area (Å²) in [7, 11) is 0.